The normalized spacial score (nSPS) is 15.3. The number of hydrogen-bond acceptors (Lipinski definition) is 5. The van der Waals surface area contributed by atoms with E-state index in [2.05, 4.69) is 58.9 Å². The number of nitriles is 1. The SMILES string of the molecule is Cc1cc(CN2CCN(C)CC2)c(C)c(-c2cc(-c3ccc[nH]3)nc(N)c2C#N)c1. The van der Waals surface area contributed by atoms with E-state index in [1.807, 2.05) is 24.4 Å². The molecule has 3 aromatic rings. The van der Waals surface area contributed by atoms with Crippen molar-refractivity contribution in [3.05, 3.63) is 58.8 Å². The highest BCUT2D eigenvalue weighted by Crippen LogP contribution is 2.35. The van der Waals surface area contributed by atoms with E-state index >= 15 is 0 Å². The number of benzene rings is 1. The van der Waals surface area contributed by atoms with Crippen LogP contribution in [0.2, 0.25) is 0 Å². The minimum Gasteiger partial charge on any atom is -0.383 e. The van der Waals surface area contributed by atoms with Gasteiger partial charge in [-0.2, -0.15) is 5.26 Å². The minimum absolute atomic E-state index is 0.265. The van der Waals surface area contributed by atoms with Crippen molar-refractivity contribution in [2.45, 2.75) is 20.4 Å². The standard InChI is InChI=1S/C24H28N6/c1-16-11-18(15-30-9-7-29(3)8-10-30)17(2)19(12-16)20-13-23(22-5-4-6-27-22)28-24(26)21(20)14-25/h4-6,11-13,27H,7-10,15H2,1-3H3,(H2,26,28). The third-order valence-electron chi connectivity index (χ3n) is 5.97. The Labute approximate surface area is 178 Å². The van der Waals surface area contributed by atoms with Gasteiger partial charge in [-0.05, 0) is 55.8 Å². The number of aromatic amines is 1. The van der Waals surface area contributed by atoms with Crippen molar-refractivity contribution in [3.8, 4) is 28.6 Å². The number of hydrogen-bond donors (Lipinski definition) is 2. The molecule has 0 unspecified atom stereocenters. The number of nitrogen functional groups attached to an aromatic ring is 1. The molecule has 6 nitrogen and oxygen atoms in total. The first kappa shape index (κ1) is 20.1. The van der Waals surface area contributed by atoms with Crippen molar-refractivity contribution < 1.29 is 0 Å². The van der Waals surface area contributed by atoms with E-state index in [-0.39, 0.29) is 5.82 Å². The summed E-state index contributed by atoms with van der Waals surface area (Å²) in [5, 5.41) is 9.81. The number of likely N-dealkylation sites (N-methyl/N-ethyl adjacent to an activating group) is 1. The molecule has 0 bridgehead atoms. The summed E-state index contributed by atoms with van der Waals surface area (Å²) in [4.78, 5) is 12.5. The van der Waals surface area contributed by atoms with Gasteiger partial charge in [0.05, 0.1) is 11.4 Å². The lowest BCUT2D eigenvalue weighted by Gasteiger charge is -2.33. The molecule has 1 fully saturated rings. The number of rotatable bonds is 4. The molecule has 1 aliphatic rings. The first-order chi connectivity index (χ1) is 14.5. The van der Waals surface area contributed by atoms with Gasteiger partial charge in [0, 0.05) is 44.5 Å². The lowest BCUT2D eigenvalue weighted by atomic mass is 9.91. The van der Waals surface area contributed by atoms with Crippen LogP contribution in [0.4, 0.5) is 5.82 Å². The Kier molecular flexibility index (Phi) is 5.58. The molecule has 154 valence electrons. The highest BCUT2D eigenvalue weighted by Gasteiger charge is 2.19. The maximum absolute atomic E-state index is 9.81. The molecule has 0 radical (unpaired) electrons. The van der Waals surface area contributed by atoms with Gasteiger partial charge in [0.15, 0.2) is 0 Å². The number of nitrogens with one attached hydrogen (secondary N) is 1. The molecular weight excluding hydrogens is 372 g/mol. The molecule has 0 atom stereocenters. The third kappa shape index (κ3) is 3.95. The predicted octanol–water partition coefficient (Wildman–Crippen LogP) is 3.56. The Bertz CT molecular complexity index is 1090. The summed E-state index contributed by atoms with van der Waals surface area (Å²) in [5.74, 6) is 0.265. The molecule has 0 amide bonds. The van der Waals surface area contributed by atoms with Gasteiger partial charge < -0.3 is 15.6 Å². The quantitative estimate of drug-likeness (QED) is 0.699. The van der Waals surface area contributed by atoms with Crippen LogP contribution in [0.1, 0.15) is 22.3 Å². The van der Waals surface area contributed by atoms with E-state index in [1.165, 1.54) is 16.7 Å². The summed E-state index contributed by atoms with van der Waals surface area (Å²) >= 11 is 0. The molecule has 0 spiro atoms. The van der Waals surface area contributed by atoms with Gasteiger partial charge in [-0.25, -0.2) is 4.98 Å². The maximum Gasteiger partial charge on any atom is 0.142 e. The minimum atomic E-state index is 0.265. The molecule has 2 aromatic heterocycles. The third-order valence-corrected chi connectivity index (χ3v) is 5.97. The number of H-pyrrole nitrogens is 1. The predicted molar refractivity (Wildman–Crippen MR) is 121 cm³/mol. The van der Waals surface area contributed by atoms with Crippen LogP contribution in [-0.4, -0.2) is 53.0 Å². The zero-order valence-corrected chi connectivity index (χ0v) is 17.9. The Morgan fingerprint density at radius 3 is 2.57 bits per heavy atom. The van der Waals surface area contributed by atoms with E-state index < -0.39 is 0 Å². The molecule has 3 heterocycles. The van der Waals surface area contributed by atoms with Gasteiger partial charge in [0.25, 0.3) is 0 Å². The average molecular weight is 401 g/mol. The summed E-state index contributed by atoms with van der Waals surface area (Å²) in [7, 11) is 2.17. The van der Waals surface area contributed by atoms with Gasteiger partial charge in [0.2, 0.25) is 0 Å². The summed E-state index contributed by atoms with van der Waals surface area (Å²) in [6.45, 7) is 9.50. The Morgan fingerprint density at radius 2 is 1.90 bits per heavy atom. The molecule has 1 aromatic carbocycles. The molecule has 1 saturated heterocycles. The highest BCUT2D eigenvalue weighted by molar-refractivity contribution is 5.82. The lowest BCUT2D eigenvalue weighted by molar-refractivity contribution is 0.148. The summed E-state index contributed by atoms with van der Waals surface area (Å²) < 4.78 is 0. The highest BCUT2D eigenvalue weighted by atomic mass is 15.2. The molecule has 30 heavy (non-hydrogen) atoms. The number of piperazine rings is 1. The van der Waals surface area contributed by atoms with Gasteiger partial charge in [-0.1, -0.05) is 17.7 Å². The largest absolute Gasteiger partial charge is 0.383 e. The van der Waals surface area contributed by atoms with Crippen molar-refractivity contribution in [3.63, 3.8) is 0 Å². The second-order valence-electron chi connectivity index (χ2n) is 8.19. The lowest BCUT2D eigenvalue weighted by Crippen LogP contribution is -2.44. The van der Waals surface area contributed by atoms with Crippen molar-refractivity contribution in [2.24, 2.45) is 0 Å². The fraction of sp³-hybridized carbons (Fsp3) is 0.333. The first-order valence-electron chi connectivity index (χ1n) is 10.3. The van der Waals surface area contributed by atoms with Gasteiger partial charge in [-0.15, -0.1) is 0 Å². The zero-order chi connectivity index (χ0) is 21.3. The second-order valence-corrected chi connectivity index (χ2v) is 8.19. The van der Waals surface area contributed by atoms with E-state index in [0.717, 1.165) is 55.2 Å². The number of anilines is 1. The van der Waals surface area contributed by atoms with Gasteiger partial charge in [0.1, 0.15) is 17.5 Å². The fourth-order valence-electron chi connectivity index (χ4n) is 4.15. The van der Waals surface area contributed by atoms with E-state index in [9.17, 15) is 5.26 Å². The monoisotopic (exact) mass is 400 g/mol. The van der Waals surface area contributed by atoms with E-state index in [4.69, 9.17) is 5.73 Å². The van der Waals surface area contributed by atoms with Crippen LogP contribution in [0.3, 0.4) is 0 Å². The Morgan fingerprint density at radius 1 is 1.13 bits per heavy atom. The van der Waals surface area contributed by atoms with Crippen LogP contribution in [0.5, 0.6) is 0 Å². The molecule has 0 aliphatic carbocycles. The van der Waals surface area contributed by atoms with Crippen LogP contribution in [0.15, 0.2) is 36.5 Å². The van der Waals surface area contributed by atoms with Gasteiger partial charge >= 0.3 is 0 Å². The molecule has 3 N–H and O–H groups in total. The maximum atomic E-state index is 9.81. The smallest absolute Gasteiger partial charge is 0.142 e. The summed E-state index contributed by atoms with van der Waals surface area (Å²) in [5.41, 5.74) is 13.8. The van der Waals surface area contributed by atoms with Crippen molar-refractivity contribution in [2.75, 3.05) is 39.0 Å². The first-order valence-corrected chi connectivity index (χ1v) is 10.3. The van der Waals surface area contributed by atoms with Crippen molar-refractivity contribution in [1.82, 2.24) is 19.8 Å². The number of aryl methyl sites for hydroxylation is 1. The average Bonchev–Trinajstić information content (AvgIpc) is 3.26. The van der Waals surface area contributed by atoms with Crippen LogP contribution in [-0.2, 0) is 6.54 Å². The number of nitrogens with zero attached hydrogens (tertiary/aromatic N) is 4. The fourth-order valence-corrected chi connectivity index (χ4v) is 4.15. The van der Waals surface area contributed by atoms with Crippen LogP contribution in [0.25, 0.3) is 22.5 Å². The van der Waals surface area contributed by atoms with E-state index in [0.29, 0.717) is 5.56 Å². The van der Waals surface area contributed by atoms with Crippen LogP contribution in [0, 0.1) is 25.2 Å². The van der Waals surface area contributed by atoms with Crippen molar-refractivity contribution in [1.29, 1.82) is 5.26 Å². The Hall–Kier alpha value is -3.14. The number of pyridine rings is 1. The number of aromatic nitrogens is 2. The summed E-state index contributed by atoms with van der Waals surface area (Å²) in [6.07, 6.45) is 1.86. The number of nitrogens with two attached hydrogens (primary N) is 1. The molecule has 0 saturated carbocycles. The Balaban J connectivity index is 1.79. The second kappa shape index (κ2) is 8.31. The molecular formula is C24H28N6. The topological polar surface area (TPSA) is 85.0 Å². The van der Waals surface area contributed by atoms with Crippen LogP contribution < -0.4 is 5.73 Å². The van der Waals surface area contributed by atoms with Crippen LogP contribution >= 0.6 is 0 Å². The molecule has 1 aliphatic heterocycles. The van der Waals surface area contributed by atoms with Crippen molar-refractivity contribution >= 4 is 5.82 Å². The van der Waals surface area contributed by atoms with Gasteiger partial charge in [-0.3, -0.25) is 4.90 Å². The van der Waals surface area contributed by atoms with E-state index in [1.54, 1.807) is 0 Å². The molecule has 6 heteroatoms. The molecule has 4 rings (SSSR count). The summed E-state index contributed by atoms with van der Waals surface area (Å²) in [6, 6.07) is 12.5. The zero-order valence-electron chi connectivity index (χ0n) is 17.9.